The van der Waals surface area contributed by atoms with Gasteiger partial charge in [0.2, 0.25) is 0 Å². The van der Waals surface area contributed by atoms with Gasteiger partial charge >= 0.3 is 0 Å². The Labute approximate surface area is 137 Å². The van der Waals surface area contributed by atoms with Crippen molar-refractivity contribution in [1.29, 1.82) is 0 Å². The summed E-state index contributed by atoms with van der Waals surface area (Å²) in [4.78, 5) is 0. The third-order valence-corrected chi connectivity index (χ3v) is 7.82. The molecule has 0 saturated carbocycles. The van der Waals surface area contributed by atoms with E-state index in [9.17, 15) is 0 Å². The van der Waals surface area contributed by atoms with Crippen LogP contribution >= 0.6 is 11.1 Å². The Bertz CT molecular complexity index is 747. The van der Waals surface area contributed by atoms with E-state index in [1.807, 2.05) is 66.7 Å². The van der Waals surface area contributed by atoms with E-state index < -0.39 is 7.38 Å². The summed E-state index contributed by atoms with van der Waals surface area (Å²) in [6.45, 7) is 0. The fourth-order valence-corrected chi connectivity index (χ4v) is 5.47. The standard InChI is InChI=1S/C20H15ClSi/c21-22(19-12-6-2-7-13-19,20-14-8-3-9-15-20)17-16-18-10-4-1-5-11-18/h1-15H. The summed E-state index contributed by atoms with van der Waals surface area (Å²) in [6, 6.07) is 30.4. The first-order valence-corrected chi connectivity index (χ1v) is 10.2. The lowest BCUT2D eigenvalue weighted by Gasteiger charge is -2.19. The van der Waals surface area contributed by atoms with Crippen LogP contribution in [0, 0.1) is 11.5 Å². The van der Waals surface area contributed by atoms with Gasteiger partial charge in [-0.3, -0.25) is 0 Å². The van der Waals surface area contributed by atoms with E-state index in [0.29, 0.717) is 0 Å². The van der Waals surface area contributed by atoms with E-state index in [4.69, 9.17) is 11.1 Å². The Balaban J connectivity index is 2.11. The van der Waals surface area contributed by atoms with E-state index in [2.05, 4.69) is 35.7 Å². The number of rotatable bonds is 2. The molecule has 0 unspecified atom stereocenters. The van der Waals surface area contributed by atoms with Crippen molar-refractivity contribution < 1.29 is 0 Å². The van der Waals surface area contributed by atoms with Gasteiger partial charge in [0.1, 0.15) is 0 Å². The highest BCUT2D eigenvalue weighted by Crippen LogP contribution is 2.10. The molecule has 0 amide bonds. The molecule has 3 aromatic carbocycles. The molecular weight excluding hydrogens is 304 g/mol. The molecule has 0 N–H and O–H groups in total. The van der Waals surface area contributed by atoms with E-state index in [0.717, 1.165) is 15.9 Å². The van der Waals surface area contributed by atoms with E-state index >= 15 is 0 Å². The van der Waals surface area contributed by atoms with Crippen molar-refractivity contribution in [2.45, 2.75) is 0 Å². The fraction of sp³-hybridized carbons (Fsp3) is 0. The predicted octanol–water partition coefficient (Wildman–Crippen LogP) is 3.58. The second-order valence-corrected chi connectivity index (χ2v) is 9.43. The molecule has 3 aromatic rings. The quantitative estimate of drug-likeness (QED) is 0.385. The highest BCUT2D eigenvalue weighted by Gasteiger charge is 2.33. The normalized spacial score (nSPS) is 10.6. The molecule has 0 saturated heterocycles. The largest absolute Gasteiger partial charge is 0.294 e. The highest BCUT2D eigenvalue weighted by molar-refractivity contribution is 7.38. The van der Waals surface area contributed by atoms with Gasteiger partial charge in [-0.05, 0) is 22.5 Å². The second-order valence-electron chi connectivity index (χ2n) is 5.01. The van der Waals surface area contributed by atoms with Gasteiger partial charge in [-0.2, -0.15) is 0 Å². The molecule has 0 spiro atoms. The Morgan fingerprint density at radius 3 is 1.45 bits per heavy atom. The third kappa shape index (κ3) is 3.14. The topological polar surface area (TPSA) is 0 Å². The second kappa shape index (κ2) is 6.66. The predicted molar refractivity (Wildman–Crippen MR) is 97.1 cm³/mol. The molecule has 3 rings (SSSR count). The molecule has 0 heterocycles. The van der Waals surface area contributed by atoms with Crippen LogP contribution in [0.1, 0.15) is 5.56 Å². The van der Waals surface area contributed by atoms with Gasteiger partial charge in [-0.25, -0.2) is 0 Å². The zero-order valence-electron chi connectivity index (χ0n) is 12.0. The minimum absolute atomic E-state index is 0.992. The molecule has 0 radical (unpaired) electrons. The lowest BCUT2D eigenvalue weighted by atomic mass is 10.2. The van der Waals surface area contributed by atoms with Crippen LogP contribution in [0.4, 0.5) is 0 Å². The third-order valence-electron chi connectivity index (χ3n) is 3.50. The highest BCUT2D eigenvalue weighted by atomic mass is 35.6. The van der Waals surface area contributed by atoms with Crippen molar-refractivity contribution in [2.75, 3.05) is 0 Å². The molecule has 0 aliphatic rings. The lowest BCUT2D eigenvalue weighted by molar-refractivity contribution is 1.65. The molecule has 0 aliphatic heterocycles. The van der Waals surface area contributed by atoms with Crippen molar-refractivity contribution in [1.82, 2.24) is 0 Å². The lowest BCUT2D eigenvalue weighted by Crippen LogP contribution is -2.52. The minimum Gasteiger partial charge on any atom is -0.138 e. The van der Waals surface area contributed by atoms with Gasteiger partial charge in [0.05, 0.1) is 0 Å². The van der Waals surface area contributed by atoms with Gasteiger partial charge in [0.15, 0.2) is 0 Å². The van der Waals surface area contributed by atoms with E-state index in [-0.39, 0.29) is 0 Å². The molecule has 2 heteroatoms. The summed E-state index contributed by atoms with van der Waals surface area (Å²) in [7, 11) is -2.57. The molecule has 22 heavy (non-hydrogen) atoms. The average molecular weight is 319 g/mol. The molecule has 0 aliphatic carbocycles. The van der Waals surface area contributed by atoms with Crippen LogP contribution in [-0.4, -0.2) is 7.38 Å². The average Bonchev–Trinajstić information content (AvgIpc) is 2.62. The molecule has 0 aromatic heterocycles. The maximum atomic E-state index is 7.11. The fourth-order valence-electron chi connectivity index (χ4n) is 2.33. The Kier molecular flexibility index (Phi) is 4.44. The van der Waals surface area contributed by atoms with Crippen LogP contribution in [0.25, 0.3) is 0 Å². The Hall–Kier alpha value is -2.27. The van der Waals surface area contributed by atoms with Crippen molar-refractivity contribution in [3.63, 3.8) is 0 Å². The molecule has 0 fully saturated rings. The smallest absolute Gasteiger partial charge is 0.138 e. The van der Waals surface area contributed by atoms with E-state index in [1.54, 1.807) is 0 Å². The van der Waals surface area contributed by atoms with Gasteiger partial charge in [-0.15, -0.1) is 11.1 Å². The number of benzene rings is 3. The zero-order chi connectivity index (χ0) is 15.3. The SMILES string of the molecule is Cl[Si](C#Cc1ccccc1)(c1ccccc1)c1ccccc1. The Morgan fingerprint density at radius 1 is 0.591 bits per heavy atom. The first-order valence-electron chi connectivity index (χ1n) is 7.17. The van der Waals surface area contributed by atoms with Crippen molar-refractivity contribution in [3.05, 3.63) is 96.6 Å². The summed E-state index contributed by atoms with van der Waals surface area (Å²) in [6.07, 6.45) is 0. The molecule has 106 valence electrons. The minimum atomic E-state index is -2.57. The van der Waals surface area contributed by atoms with Crippen molar-refractivity contribution >= 4 is 28.8 Å². The van der Waals surface area contributed by atoms with Crippen LogP contribution in [0.5, 0.6) is 0 Å². The van der Waals surface area contributed by atoms with Crippen LogP contribution in [0.15, 0.2) is 91.0 Å². The summed E-state index contributed by atoms with van der Waals surface area (Å²) in [5.41, 5.74) is 4.39. The summed E-state index contributed by atoms with van der Waals surface area (Å²) in [5.74, 6) is 3.26. The van der Waals surface area contributed by atoms with Crippen LogP contribution in [0.2, 0.25) is 0 Å². The maximum absolute atomic E-state index is 7.11. The van der Waals surface area contributed by atoms with Crippen LogP contribution in [0.3, 0.4) is 0 Å². The zero-order valence-corrected chi connectivity index (χ0v) is 13.8. The molecule has 0 bridgehead atoms. The van der Waals surface area contributed by atoms with Crippen LogP contribution < -0.4 is 10.4 Å². The number of halogens is 1. The van der Waals surface area contributed by atoms with Gasteiger partial charge < -0.3 is 0 Å². The monoisotopic (exact) mass is 318 g/mol. The van der Waals surface area contributed by atoms with Crippen molar-refractivity contribution in [2.24, 2.45) is 0 Å². The first kappa shape index (κ1) is 14.7. The number of hydrogen-bond donors (Lipinski definition) is 0. The first-order chi connectivity index (χ1) is 10.8. The summed E-state index contributed by atoms with van der Waals surface area (Å²) >= 11 is 7.11. The van der Waals surface area contributed by atoms with Crippen molar-refractivity contribution in [3.8, 4) is 11.5 Å². The van der Waals surface area contributed by atoms with E-state index in [1.165, 1.54) is 0 Å². The molecule has 0 nitrogen and oxygen atoms in total. The van der Waals surface area contributed by atoms with Gasteiger partial charge in [0, 0.05) is 5.56 Å². The van der Waals surface area contributed by atoms with Gasteiger partial charge in [-0.1, -0.05) is 90.3 Å². The van der Waals surface area contributed by atoms with Crippen LogP contribution in [-0.2, 0) is 0 Å². The molecular formula is C20H15ClSi. The number of hydrogen-bond acceptors (Lipinski definition) is 0. The maximum Gasteiger partial charge on any atom is 0.294 e. The summed E-state index contributed by atoms with van der Waals surface area (Å²) in [5, 5.41) is 2.23. The van der Waals surface area contributed by atoms with Gasteiger partial charge in [0.25, 0.3) is 7.38 Å². The summed E-state index contributed by atoms with van der Waals surface area (Å²) < 4.78 is 0. The molecule has 0 atom stereocenters. The Morgan fingerprint density at radius 2 is 1.00 bits per heavy atom.